The fraction of sp³-hybridized carbons (Fsp3) is 0.409. The maximum Gasteiger partial charge on any atom is 0.224 e. The summed E-state index contributed by atoms with van der Waals surface area (Å²) >= 11 is 0. The molecule has 0 atom stereocenters. The average molecular weight is 383 g/mol. The summed E-state index contributed by atoms with van der Waals surface area (Å²) in [6.07, 6.45) is 2.10. The molecule has 2 aromatic carbocycles. The Morgan fingerprint density at radius 2 is 1.86 bits per heavy atom. The molecule has 0 aromatic heterocycles. The normalized spacial score (nSPS) is 13.7. The summed E-state index contributed by atoms with van der Waals surface area (Å²) in [5.41, 5.74) is 10.1. The SMILES string of the molecule is COc1cc2c(cc1OC)CN(Cc1ccccc1NC(=O)CCCN)CC2. The summed E-state index contributed by atoms with van der Waals surface area (Å²) in [5.74, 6) is 1.55. The molecule has 3 rings (SSSR count). The molecule has 0 unspecified atom stereocenters. The molecule has 0 spiro atoms. The molecule has 0 saturated heterocycles. The third-order valence-corrected chi connectivity index (χ3v) is 5.09. The number of nitrogens with two attached hydrogens (primary N) is 1. The maximum atomic E-state index is 12.1. The van der Waals surface area contributed by atoms with Crippen LogP contribution in [-0.4, -0.2) is 38.1 Å². The van der Waals surface area contributed by atoms with Crippen LogP contribution in [0, 0.1) is 0 Å². The average Bonchev–Trinajstić information content (AvgIpc) is 2.72. The summed E-state index contributed by atoms with van der Waals surface area (Å²) in [5, 5.41) is 3.03. The number of ether oxygens (including phenoxy) is 2. The third-order valence-electron chi connectivity index (χ3n) is 5.09. The number of carbonyl (C=O) groups is 1. The van der Waals surface area contributed by atoms with Gasteiger partial charge in [0.05, 0.1) is 14.2 Å². The fourth-order valence-electron chi connectivity index (χ4n) is 3.57. The molecule has 0 bridgehead atoms. The Labute approximate surface area is 166 Å². The number of fused-ring (bicyclic) bond motifs is 1. The Morgan fingerprint density at radius 1 is 1.14 bits per heavy atom. The number of anilines is 1. The number of nitrogens with one attached hydrogen (secondary N) is 1. The zero-order chi connectivity index (χ0) is 19.9. The van der Waals surface area contributed by atoms with Crippen molar-refractivity contribution in [2.75, 3.05) is 32.6 Å². The molecule has 1 amide bonds. The standard InChI is InChI=1S/C22H29N3O3/c1-27-20-12-16-9-11-25(15-18(16)13-21(20)28-2)14-17-6-3-4-7-19(17)24-22(26)8-5-10-23/h3-4,6-7,12-13H,5,8-11,14-15,23H2,1-2H3,(H,24,26). The number of methoxy groups -OCH3 is 2. The number of benzene rings is 2. The van der Waals surface area contributed by atoms with Gasteiger partial charge < -0.3 is 20.5 Å². The van der Waals surface area contributed by atoms with Crippen LogP contribution in [-0.2, 0) is 24.3 Å². The van der Waals surface area contributed by atoms with E-state index >= 15 is 0 Å². The molecular formula is C22H29N3O3. The van der Waals surface area contributed by atoms with E-state index in [4.69, 9.17) is 15.2 Å². The van der Waals surface area contributed by atoms with E-state index in [1.807, 2.05) is 18.2 Å². The van der Waals surface area contributed by atoms with Gasteiger partial charge in [0.2, 0.25) is 5.91 Å². The molecular weight excluding hydrogens is 354 g/mol. The van der Waals surface area contributed by atoms with Gasteiger partial charge in [0, 0.05) is 31.7 Å². The first-order chi connectivity index (χ1) is 13.6. The van der Waals surface area contributed by atoms with Gasteiger partial charge in [0.1, 0.15) is 0 Å². The lowest BCUT2D eigenvalue weighted by Crippen LogP contribution is -2.30. The largest absolute Gasteiger partial charge is 0.493 e. The highest BCUT2D eigenvalue weighted by Crippen LogP contribution is 2.33. The van der Waals surface area contributed by atoms with Crippen LogP contribution in [0.4, 0.5) is 5.69 Å². The second-order valence-corrected chi connectivity index (χ2v) is 7.03. The van der Waals surface area contributed by atoms with Gasteiger partial charge in [-0.1, -0.05) is 18.2 Å². The van der Waals surface area contributed by atoms with Gasteiger partial charge in [-0.3, -0.25) is 9.69 Å². The van der Waals surface area contributed by atoms with Gasteiger partial charge >= 0.3 is 0 Å². The first kappa shape index (κ1) is 20.2. The van der Waals surface area contributed by atoms with Crippen molar-refractivity contribution in [3.8, 4) is 11.5 Å². The summed E-state index contributed by atoms with van der Waals surface area (Å²) in [6, 6.07) is 12.1. The zero-order valence-corrected chi connectivity index (χ0v) is 16.7. The van der Waals surface area contributed by atoms with Crippen LogP contribution in [0.5, 0.6) is 11.5 Å². The number of hydrogen-bond donors (Lipinski definition) is 2. The number of amides is 1. The fourth-order valence-corrected chi connectivity index (χ4v) is 3.57. The first-order valence-corrected chi connectivity index (χ1v) is 9.68. The molecule has 2 aromatic rings. The van der Waals surface area contributed by atoms with Crippen LogP contribution in [0.2, 0.25) is 0 Å². The van der Waals surface area contributed by atoms with E-state index in [1.165, 1.54) is 11.1 Å². The van der Waals surface area contributed by atoms with Crippen molar-refractivity contribution in [2.45, 2.75) is 32.4 Å². The van der Waals surface area contributed by atoms with Crippen LogP contribution < -0.4 is 20.5 Å². The lowest BCUT2D eigenvalue weighted by Gasteiger charge is -2.30. The van der Waals surface area contributed by atoms with Gasteiger partial charge in [-0.05, 0) is 54.3 Å². The predicted molar refractivity (Wildman–Crippen MR) is 111 cm³/mol. The van der Waals surface area contributed by atoms with Crippen molar-refractivity contribution in [1.29, 1.82) is 0 Å². The van der Waals surface area contributed by atoms with E-state index in [2.05, 4.69) is 28.4 Å². The molecule has 0 saturated carbocycles. The van der Waals surface area contributed by atoms with Gasteiger partial charge in [-0.15, -0.1) is 0 Å². The zero-order valence-electron chi connectivity index (χ0n) is 16.7. The molecule has 3 N–H and O–H groups in total. The van der Waals surface area contributed by atoms with Crippen LogP contribution in [0.15, 0.2) is 36.4 Å². The number of carbonyl (C=O) groups excluding carboxylic acids is 1. The molecule has 1 heterocycles. The van der Waals surface area contributed by atoms with Gasteiger partial charge in [0.15, 0.2) is 11.5 Å². The summed E-state index contributed by atoms with van der Waals surface area (Å²) < 4.78 is 10.9. The summed E-state index contributed by atoms with van der Waals surface area (Å²) in [4.78, 5) is 14.5. The lowest BCUT2D eigenvalue weighted by molar-refractivity contribution is -0.116. The van der Waals surface area contributed by atoms with Crippen molar-refractivity contribution >= 4 is 11.6 Å². The van der Waals surface area contributed by atoms with Gasteiger partial charge in [-0.25, -0.2) is 0 Å². The Balaban J connectivity index is 1.71. The van der Waals surface area contributed by atoms with Crippen molar-refractivity contribution < 1.29 is 14.3 Å². The molecule has 0 fully saturated rings. The highest BCUT2D eigenvalue weighted by Gasteiger charge is 2.20. The quantitative estimate of drug-likeness (QED) is 0.733. The second kappa shape index (κ2) is 9.57. The van der Waals surface area contributed by atoms with Crippen LogP contribution in [0.1, 0.15) is 29.5 Å². The molecule has 1 aliphatic heterocycles. The van der Waals surface area contributed by atoms with Crippen LogP contribution in [0.3, 0.4) is 0 Å². The Kier molecular flexibility index (Phi) is 6.90. The van der Waals surface area contributed by atoms with E-state index in [0.717, 1.165) is 48.8 Å². The highest BCUT2D eigenvalue weighted by molar-refractivity contribution is 5.91. The predicted octanol–water partition coefficient (Wildman–Crippen LogP) is 2.94. The number of nitrogens with zero attached hydrogens (tertiary/aromatic N) is 1. The van der Waals surface area contributed by atoms with Crippen LogP contribution >= 0.6 is 0 Å². The maximum absolute atomic E-state index is 12.1. The minimum absolute atomic E-state index is 0.0127. The first-order valence-electron chi connectivity index (χ1n) is 9.68. The molecule has 0 radical (unpaired) electrons. The van der Waals surface area contributed by atoms with Crippen molar-refractivity contribution in [1.82, 2.24) is 4.90 Å². The van der Waals surface area contributed by atoms with E-state index in [1.54, 1.807) is 14.2 Å². The van der Waals surface area contributed by atoms with Gasteiger partial charge in [0.25, 0.3) is 0 Å². The summed E-state index contributed by atoms with van der Waals surface area (Å²) in [6.45, 7) is 3.10. The van der Waals surface area contributed by atoms with Crippen molar-refractivity contribution in [3.05, 3.63) is 53.1 Å². The molecule has 6 nitrogen and oxygen atoms in total. The number of hydrogen-bond acceptors (Lipinski definition) is 5. The second-order valence-electron chi connectivity index (χ2n) is 7.03. The van der Waals surface area contributed by atoms with Gasteiger partial charge in [-0.2, -0.15) is 0 Å². The minimum Gasteiger partial charge on any atom is -0.493 e. The van der Waals surface area contributed by atoms with Crippen molar-refractivity contribution in [3.63, 3.8) is 0 Å². The Morgan fingerprint density at radius 3 is 2.57 bits per heavy atom. The molecule has 28 heavy (non-hydrogen) atoms. The summed E-state index contributed by atoms with van der Waals surface area (Å²) in [7, 11) is 3.33. The molecule has 0 aliphatic carbocycles. The topological polar surface area (TPSA) is 76.8 Å². The lowest BCUT2D eigenvalue weighted by atomic mass is 9.98. The van der Waals surface area contributed by atoms with E-state index in [9.17, 15) is 4.79 Å². The highest BCUT2D eigenvalue weighted by atomic mass is 16.5. The van der Waals surface area contributed by atoms with Crippen LogP contribution in [0.25, 0.3) is 0 Å². The minimum atomic E-state index is 0.0127. The Bertz CT molecular complexity index is 823. The molecule has 150 valence electrons. The van der Waals surface area contributed by atoms with E-state index < -0.39 is 0 Å². The number of para-hydroxylation sites is 1. The van der Waals surface area contributed by atoms with E-state index in [0.29, 0.717) is 19.4 Å². The smallest absolute Gasteiger partial charge is 0.224 e. The molecule has 6 heteroatoms. The van der Waals surface area contributed by atoms with E-state index in [-0.39, 0.29) is 5.91 Å². The number of rotatable bonds is 8. The van der Waals surface area contributed by atoms with Crippen molar-refractivity contribution in [2.24, 2.45) is 5.73 Å². The molecule has 1 aliphatic rings. The Hall–Kier alpha value is -2.57. The monoisotopic (exact) mass is 383 g/mol. The third kappa shape index (κ3) is 4.82.